The van der Waals surface area contributed by atoms with Gasteiger partial charge in [0.2, 0.25) is 0 Å². The van der Waals surface area contributed by atoms with Crippen molar-refractivity contribution in [3.8, 4) is 17.2 Å². The molecule has 0 aliphatic rings. The second-order valence-electron chi connectivity index (χ2n) is 3.54. The fourth-order valence-corrected chi connectivity index (χ4v) is 1.77. The van der Waals surface area contributed by atoms with E-state index in [2.05, 4.69) is 22.1 Å². The molecule has 2 aromatic heterocycles. The van der Waals surface area contributed by atoms with Gasteiger partial charge in [-0.25, -0.2) is 4.98 Å². The van der Waals surface area contributed by atoms with Gasteiger partial charge in [0.15, 0.2) is 0 Å². The molecule has 0 spiro atoms. The summed E-state index contributed by atoms with van der Waals surface area (Å²) in [7, 11) is 0. The van der Waals surface area contributed by atoms with Crippen LogP contribution in [0.25, 0.3) is 17.2 Å². The quantitative estimate of drug-likeness (QED) is 0.691. The van der Waals surface area contributed by atoms with Crippen molar-refractivity contribution in [3.05, 3.63) is 61.1 Å². The second-order valence-corrected chi connectivity index (χ2v) is 3.54. The lowest BCUT2D eigenvalue weighted by Gasteiger charge is -2.05. The molecule has 78 valence electrons. The van der Waals surface area contributed by atoms with Gasteiger partial charge >= 0.3 is 0 Å². The van der Waals surface area contributed by atoms with E-state index in [1.807, 2.05) is 53.5 Å². The molecule has 0 aliphatic heterocycles. The summed E-state index contributed by atoms with van der Waals surface area (Å²) in [4.78, 5) is 7.56. The fraction of sp³-hybridized carbons (Fsp3) is 0. The van der Waals surface area contributed by atoms with Gasteiger partial charge in [0.25, 0.3) is 0 Å². The lowest BCUT2D eigenvalue weighted by atomic mass is 10.2. The van der Waals surface area contributed by atoms with Gasteiger partial charge in [-0.2, -0.15) is 0 Å². The zero-order valence-corrected chi connectivity index (χ0v) is 8.67. The maximum Gasteiger partial charge on any atom is 0.145 e. The van der Waals surface area contributed by atoms with Crippen molar-refractivity contribution in [3.63, 3.8) is 0 Å². The number of H-pyrrole nitrogens is 1. The summed E-state index contributed by atoms with van der Waals surface area (Å²) >= 11 is 0. The minimum Gasteiger partial charge on any atom is -0.348 e. The summed E-state index contributed by atoms with van der Waals surface area (Å²) in [6, 6.07) is 14.2. The summed E-state index contributed by atoms with van der Waals surface area (Å²) in [5.41, 5.74) is 1.11. The third-order valence-electron chi connectivity index (χ3n) is 2.51. The summed E-state index contributed by atoms with van der Waals surface area (Å²) in [5.74, 6) is 1.97. The molecular formula is C13H11N3. The number of hydrogen-bond acceptors (Lipinski definition) is 1. The van der Waals surface area contributed by atoms with Crippen molar-refractivity contribution >= 4 is 0 Å². The van der Waals surface area contributed by atoms with E-state index in [4.69, 9.17) is 0 Å². The third-order valence-corrected chi connectivity index (χ3v) is 2.51. The highest BCUT2D eigenvalue weighted by molar-refractivity contribution is 5.57. The van der Waals surface area contributed by atoms with Crippen LogP contribution < -0.4 is 0 Å². The molecule has 0 unspecified atom stereocenters. The van der Waals surface area contributed by atoms with E-state index in [1.54, 1.807) is 0 Å². The molecule has 0 fully saturated rings. The Morgan fingerprint density at radius 1 is 1.00 bits per heavy atom. The van der Waals surface area contributed by atoms with Crippen molar-refractivity contribution in [2.45, 2.75) is 0 Å². The minimum absolute atomic E-state index is 0.947. The van der Waals surface area contributed by atoms with Crippen molar-refractivity contribution in [1.29, 1.82) is 0 Å². The predicted octanol–water partition coefficient (Wildman–Crippen LogP) is 2.87. The number of nitrogens with zero attached hydrogens (tertiary/aromatic N) is 2. The first-order valence-corrected chi connectivity index (χ1v) is 5.18. The van der Waals surface area contributed by atoms with E-state index in [9.17, 15) is 0 Å². The molecule has 0 saturated heterocycles. The molecule has 3 nitrogen and oxygen atoms in total. The molecule has 3 heteroatoms. The lowest BCUT2D eigenvalue weighted by Crippen LogP contribution is -1.95. The Balaban J connectivity index is 2.14. The molecule has 16 heavy (non-hydrogen) atoms. The zero-order valence-electron chi connectivity index (χ0n) is 8.67. The average molecular weight is 209 g/mol. The summed E-state index contributed by atoms with van der Waals surface area (Å²) in [6.07, 6.45) is 5.67. The molecule has 0 bridgehead atoms. The largest absolute Gasteiger partial charge is 0.348 e. The number of hydrogen-bond donors (Lipinski definition) is 1. The van der Waals surface area contributed by atoms with Gasteiger partial charge in [0.05, 0.1) is 0 Å². The predicted molar refractivity (Wildman–Crippen MR) is 63.4 cm³/mol. The van der Waals surface area contributed by atoms with E-state index in [-0.39, 0.29) is 0 Å². The van der Waals surface area contributed by atoms with Crippen LogP contribution in [-0.2, 0) is 0 Å². The van der Waals surface area contributed by atoms with E-state index in [0.717, 1.165) is 17.2 Å². The van der Waals surface area contributed by atoms with Crippen LogP contribution in [0, 0.1) is 0 Å². The number of aromatic amines is 1. The van der Waals surface area contributed by atoms with E-state index in [0.29, 0.717) is 0 Å². The van der Waals surface area contributed by atoms with Crippen LogP contribution in [0.3, 0.4) is 0 Å². The fourth-order valence-electron chi connectivity index (χ4n) is 1.77. The lowest BCUT2D eigenvalue weighted by molar-refractivity contribution is 1.02. The number of imidazole rings is 1. The van der Waals surface area contributed by atoms with E-state index < -0.39 is 0 Å². The van der Waals surface area contributed by atoms with E-state index in [1.165, 1.54) is 0 Å². The molecule has 3 aromatic rings. The maximum atomic E-state index is 4.39. The first-order chi connectivity index (χ1) is 7.95. The first-order valence-electron chi connectivity index (χ1n) is 5.18. The van der Waals surface area contributed by atoms with Crippen molar-refractivity contribution < 1.29 is 0 Å². The standard InChI is InChI=1S/C13H11N3/c1-2-5-11(6-3-1)13-15-9-10-16(13)12-7-4-8-14-12/h1-10,14H. The molecule has 3 rings (SSSR count). The molecule has 2 heterocycles. The molecule has 0 saturated carbocycles. The van der Waals surface area contributed by atoms with Crippen LogP contribution in [0.1, 0.15) is 0 Å². The number of aromatic nitrogens is 3. The molecule has 1 aromatic carbocycles. The number of benzene rings is 1. The molecule has 1 N–H and O–H groups in total. The third kappa shape index (κ3) is 1.42. The Labute approximate surface area is 93.4 Å². The van der Waals surface area contributed by atoms with Crippen molar-refractivity contribution in [2.75, 3.05) is 0 Å². The van der Waals surface area contributed by atoms with Crippen molar-refractivity contribution in [1.82, 2.24) is 14.5 Å². The van der Waals surface area contributed by atoms with Gasteiger partial charge in [-0.1, -0.05) is 30.3 Å². The van der Waals surface area contributed by atoms with Crippen LogP contribution in [0.2, 0.25) is 0 Å². The maximum absolute atomic E-state index is 4.39. The highest BCUT2D eigenvalue weighted by Gasteiger charge is 2.06. The normalized spacial score (nSPS) is 10.5. The Morgan fingerprint density at radius 3 is 2.62 bits per heavy atom. The summed E-state index contributed by atoms with van der Waals surface area (Å²) in [5, 5.41) is 0. The van der Waals surface area contributed by atoms with Gasteiger partial charge in [0, 0.05) is 24.2 Å². The average Bonchev–Trinajstić information content (AvgIpc) is 3.01. The number of nitrogens with one attached hydrogen (secondary N) is 1. The SMILES string of the molecule is c1ccc(-c2nccn2-c2ccc[nH]2)cc1. The van der Waals surface area contributed by atoms with Gasteiger partial charge < -0.3 is 4.98 Å². The first kappa shape index (κ1) is 8.97. The molecule has 0 amide bonds. The van der Waals surface area contributed by atoms with Gasteiger partial charge in [-0.3, -0.25) is 4.57 Å². The Bertz CT molecular complexity index is 564. The highest BCUT2D eigenvalue weighted by Crippen LogP contribution is 2.19. The van der Waals surface area contributed by atoms with Crippen molar-refractivity contribution in [2.24, 2.45) is 0 Å². The van der Waals surface area contributed by atoms with E-state index >= 15 is 0 Å². The topological polar surface area (TPSA) is 33.6 Å². The Kier molecular flexibility index (Phi) is 2.07. The molecule has 0 atom stereocenters. The summed E-state index contributed by atoms with van der Waals surface area (Å²) in [6.45, 7) is 0. The van der Waals surface area contributed by atoms with Gasteiger partial charge in [-0.15, -0.1) is 0 Å². The Morgan fingerprint density at radius 2 is 1.88 bits per heavy atom. The smallest absolute Gasteiger partial charge is 0.145 e. The second kappa shape index (κ2) is 3.70. The number of rotatable bonds is 2. The van der Waals surface area contributed by atoms with Crippen LogP contribution in [0.15, 0.2) is 61.1 Å². The summed E-state index contributed by atoms with van der Waals surface area (Å²) < 4.78 is 2.04. The minimum atomic E-state index is 0.947. The highest BCUT2D eigenvalue weighted by atomic mass is 15.1. The molecular weight excluding hydrogens is 198 g/mol. The zero-order chi connectivity index (χ0) is 10.8. The Hall–Kier alpha value is -2.29. The van der Waals surface area contributed by atoms with Crippen LogP contribution in [-0.4, -0.2) is 14.5 Å². The van der Waals surface area contributed by atoms with Crippen LogP contribution >= 0.6 is 0 Å². The van der Waals surface area contributed by atoms with Gasteiger partial charge in [0.1, 0.15) is 11.6 Å². The van der Waals surface area contributed by atoms with Crippen LogP contribution in [0.4, 0.5) is 0 Å². The van der Waals surface area contributed by atoms with Crippen LogP contribution in [0.5, 0.6) is 0 Å². The van der Waals surface area contributed by atoms with Gasteiger partial charge in [-0.05, 0) is 12.1 Å². The monoisotopic (exact) mass is 209 g/mol. The molecule has 0 aliphatic carbocycles. The molecule has 0 radical (unpaired) electrons.